The van der Waals surface area contributed by atoms with E-state index in [-0.39, 0.29) is 11.9 Å². The van der Waals surface area contributed by atoms with E-state index in [1.54, 1.807) is 30.7 Å². The van der Waals surface area contributed by atoms with Crippen LogP contribution in [0.15, 0.2) is 43.0 Å². The van der Waals surface area contributed by atoms with Gasteiger partial charge < -0.3 is 14.8 Å². The van der Waals surface area contributed by atoms with Crippen LogP contribution in [-0.4, -0.2) is 88.3 Å². The molecular formula is C29H36N8O5S. The normalized spacial score (nSPS) is 23.0. The highest BCUT2D eigenvalue weighted by Crippen LogP contribution is 2.41. The standard InChI is InChI=1S/C29H36N8O5S/c1-2-42-26-19-30-18-23(33-26)20-3-6-25(32-17-20)35-27(38)29(10-7-21(8-11-29)37-13-15-41-16-14-37)24-9-12-31-28(34-24)36-43(39,40)22-4-5-22/h3,6,9,12,17-19,21-22H,2,4-5,7-8,10-11,13-16H2,1H3,(H,31,34,36)(H,32,35,38). The maximum absolute atomic E-state index is 14.1. The van der Waals surface area contributed by atoms with Crippen LogP contribution in [0.3, 0.4) is 0 Å². The van der Waals surface area contributed by atoms with Crippen molar-refractivity contribution in [3.05, 3.63) is 48.7 Å². The number of sulfonamides is 1. The number of nitrogens with one attached hydrogen (secondary N) is 2. The van der Waals surface area contributed by atoms with Gasteiger partial charge in [-0.15, -0.1) is 0 Å². The summed E-state index contributed by atoms with van der Waals surface area (Å²) in [6.07, 6.45) is 10.3. The fourth-order valence-corrected chi connectivity index (χ4v) is 7.10. The van der Waals surface area contributed by atoms with E-state index in [4.69, 9.17) is 9.47 Å². The lowest BCUT2D eigenvalue weighted by Crippen LogP contribution is -2.50. The van der Waals surface area contributed by atoms with Gasteiger partial charge in [-0.1, -0.05) is 0 Å². The monoisotopic (exact) mass is 608 g/mol. The minimum Gasteiger partial charge on any atom is -0.477 e. The Hall–Kier alpha value is -3.75. The summed E-state index contributed by atoms with van der Waals surface area (Å²) in [4.78, 5) is 38.5. The molecule has 0 radical (unpaired) electrons. The Balaban J connectivity index is 1.24. The number of amides is 1. The van der Waals surface area contributed by atoms with Gasteiger partial charge in [0.1, 0.15) is 5.82 Å². The number of hydrogen-bond donors (Lipinski definition) is 2. The maximum atomic E-state index is 14.1. The third-order valence-corrected chi connectivity index (χ3v) is 10.2. The van der Waals surface area contributed by atoms with Gasteiger partial charge in [-0.3, -0.25) is 19.4 Å². The summed E-state index contributed by atoms with van der Waals surface area (Å²) in [7, 11) is -3.55. The van der Waals surface area contributed by atoms with Crippen molar-refractivity contribution in [3.8, 4) is 17.1 Å². The predicted molar refractivity (Wildman–Crippen MR) is 159 cm³/mol. The van der Waals surface area contributed by atoms with Crippen LogP contribution in [0.1, 0.15) is 51.1 Å². The first-order valence-electron chi connectivity index (χ1n) is 14.8. The summed E-state index contributed by atoms with van der Waals surface area (Å²) < 4.78 is 38.7. The van der Waals surface area contributed by atoms with Gasteiger partial charge in [-0.2, -0.15) is 0 Å². The molecule has 0 atom stereocenters. The largest absolute Gasteiger partial charge is 0.477 e. The van der Waals surface area contributed by atoms with Crippen LogP contribution < -0.4 is 14.8 Å². The highest BCUT2D eigenvalue weighted by Gasteiger charge is 2.46. The van der Waals surface area contributed by atoms with Crippen LogP contribution in [0, 0.1) is 0 Å². The quantitative estimate of drug-likeness (QED) is 0.348. The molecule has 2 N–H and O–H groups in total. The molecule has 0 unspecified atom stereocenters. The van der Waals surface area contributed by atoms with Crippen molar-refractivity contribution >= 4 is 27.7 Å². The fourth-order valence-electron chi connectivity index (χ4n) is 5.83. The highest BCUT2D eigenvalue weighted by atomic mass is 32.2. The second-order valence-corrected chi connectivity index (χ2v) is 13.1. The zero-order chi connectivity index (χ0) is 29.9. The van der Waals surface area contributed by atoms with Crippen LogP contribution in [0.2, 0.25) is 0 Å². The number of anilines is 2. The van der Waals surface area contributed by atoms with Gasteiger partial charge in [-0.25, -0.2) is 28.4 Å². The van der Waals surface area contributed by atoms with Gasteiger partial charge in [-0.05, 0) is 63.6 Å². The van der Waals surface area contributed by atoms with E-state index in [1.807, 2.05) is 13.0 Å². The molecule has 1 aliphatic heterocycles. The average molecular weight is 609 g/mol. The summed E-state index contributed by atoms with van der Waals surface area (Å²) in [6, 6.07) is 5.60. The number of ether oxygens (including phenoxy) is 2. The Morgan fingerprint density at radius 3 is 2.53 bits per heavy atom. The molecule has 3 aromatic rings. The summed E-state index contributed by atoms with van der Waals surface area (Å²) in [5, 5.41) is 2.59. The van der Waals surface area contributed by atoms with Crippen molar-refractivity contribution in [2.75, 3.05) is 42.9 Å². The van der Waals surface area contributed by atoms with E-state index in [2.05, 4.69) is 39.9 Å². The summed E-state index contributed by atoms with van der Waals surface area (Å²) in [5.41, 5.74) is 0.851. The van der Waals surface area contributed by atoms with E-state index >= 15 is 0 Å². The molecule has 2 aliphatic carbocycles. The zero-order valence-corrected chi connectivity index (χ0v) is 24.9. The highest BCUT2D eigenvalue weighted by molar-refractivity contribution is 7.93. The van der Waals surface area contributed by atoms with E-state index in [9.17, 15) is 13.2 Å². The van der Waals surface area contributed by atoms with Crippen LogP contribution in [0.4, 0.5) is 11.8 Å². The van der Waals surface area contributed by atoms with Crippen molar-refractivity contribution in [3.63, 3.8) is 0 Å². The first kappa shape index (κ1) is 29.3. The molecule has 0 aromatic carbocycles. The van der Waals surface area contributed by atoms with E-state index in [0.717, 1.165) is 31.5 Å². The smallest absolute Gasteiger partial charge is 0.237 e. The lowest BCUT2D eigenvalue weighted by atomic mass is 9.69. The number of carbonyl (C=O) groups is 1. The number of hydrogen-bond acceptors (Lipinski definition) is 11. The number of morpholine rings is 1. The van der Waals surface area contributed by atoms with Gasteiger partial charge in [0.25, 0.3) is 0 Å². The van der Waals surface area contributed by atoms with E-state index < -0.39 is 20.7 Å². The molecule has 3 aromatic heterocycles. The number of rotatable bonds is 10. The molecule has 3 fully saturated rings. The van der Waals surface area contributed by atoms with Gasteiger partial charge in [0.05, 0.1) is 54.3 Å². The molecule has 2 saturated carbocycles. The minimum absolute atomic E-state index is 0.00949. The fraction of sp³-hybridized carbons (Fsp3) is 0.517. The lowest BCUT2D eigenvalue weighted by Gasteiger charge is -2.43. The van der Waals surface area contributed by atoms with Crippen molar-refractivity contribution in [1.82, 2.24) is 29.8 Å². The molecule has 14 heteroatoms. The van der Waals surface area contributed by atoms with Crippen LogP contribution in [0.5, 0.6) is 5.88 Å². The minimum atomic E-state index is -3.55. The molecule has 6 rings (SSSR count). The molecule has 43 heavy (non-hydrogen) atoms. The average Bonchev–Trinajstić information content (AvgIpc) is 3.89. The topological polar surface area (TPSA) is 161 Å². The second-order valence-electron chi connectivity index (χ2n) is 11.1. The number of nitrogens with zero attached hydrogens (tertiary/aromatic N) is 6. The molecular weight excluding hydrogens is 572 g/mol. The van der Waals surface area contributed by atoms with Crippen LogP contribution in [0.25, 0.3) is 11.3 Å². The van der Waals surface area contributed by atoms with Gasteiger partial charge in [0.15, 0.2) is 0 Å². The van der Waals surface area contributed by atoms with Gasteiger partial charge in [0, 0.05) is 37.1 Å². The van der Waals surface area contributed by atoms with Gasteiger partial charge >= 0.3 is 0 Å². The Morgan fingerprint density at radius 2 is 1.84 bits per heavy atom. The van der Waals surface area contributed by atoms with Crippen molar-refractivity contribution in [2.24, 2.45) is 0 Å². The number of aromatic nitrogens is 5. The molecule has 4 heterocycles. The third-order valence-electron chi connectivity index (χ3n) is 8.35. The molecule has 0 spiro atoms. The van der Waals surface area contributed by atoms with Gasteiger partial charge in [0.2, 0.25) is 27.8 Å². The summed E-state index contributed by atoms with van der Waals surface area (Å²) in [5.74, 6) is 0.572. The van der Waals surface area contributed by atoms with E-state index in [1.165, 1.54) is 6.20 Å². The first-order chi connectivity index (χ1) is 20.9. The first-order valence-corrected chi connectivity index (χ1v) is 16.3. The molecule has 3 aliphatic rings. The SMILES string of the molecule is CCOc1cncc(-c2ccc(NC(=O)C3(c4ccnc(NS(=O)(=O)C5CC5)n4)CCC(N4CCOCC4)CC3)nc2)n1. The third kappa shape index (κ3) is 6.60. The Kier molecular flexibility index (Phi) is 8.50. The zero-order valence-electron chi connectivity index (χ0n) is 24.1. The number of carbonyl (C=O) groups excluding carboxylic acids is 1. The van der Waals surface area contributed by atoms with Crippen molar-refractivity contribution in [2.45, 2.75) is 62.2 Å². The van der Waals surface area contributed by atoms with Crippen LogP contribution in [-0.2, 0) is 25.0 Å². The summed E-state index contributed by atoms with van der Waals surface area (Å²) in [6.45, 7) is 5.53. The van der Waals surface area contributed by atoms with Crippen LogP contribution >= 0.6 is 0 Å². The number of pyridine rings is 1. The molecule has 1 amide bonds. The lowest BCUT2D eigenvalue weighted by molar-refractivity contribution is -0.123. The molecule has 1 saturated heterocycles. The Labute approximate surface area is 250 Å². The van der Waals surface area contributed by atoms with E-state index in [0.29, 0.717) is 74.6 Å². The second kappa shape index (κ2) is 12.5. The molecule has 0 bridgehead atoms. The molecule has 13 nitrogen and oxygen atoms in total. The van der Waals surface area contributed by atoms with Crippen molar-refractivity contribution < 1.29 is 22.7 Å². The predicted octanol–water partition coefficient (Wildman–Crippen LogP) is 2.78. The molecule has 228 valence electrons. The Morgan fingerprint density at radius 1 is 1.05 bits per heavy atom. The Bertz CT molecular complexity index is 1540. The van der Waals surface area contributed by atoms with Crippen molar-refractivity contribution in [1.29, 1.82) is 0 Å². The summed E-state index contributed by atoms with van der Waals surface area (Å²) >= 11 is 0. The maximum Gasteiger partial charge on any atom is 0.237 e.